The molecule has 0 heterocycles. The van der Waals surface area contributed by atoms with E-state index in [9.17, 15) is 14.7 Å². The highest BCUT2D eigenvalue weighted by molar-refractivity contribution is 6.04. The fourth-order valence-corrected chi connectivity index (χ4v) is 2.53. The van der Waals surface area contributed by atoms with Gasteiger partial charge in [-0.1, -0.05) is 45.4 Å². The molecule has 0 aliphatic carbocycles. The number of anilines is 1. The van der Waals surface area contributed by atoms with Crippen molar-refractivity contribution in [3.63, 3.8) is 0 Å². The van der Waals surface area contributed by atoms with Gasteiger partial charge in [-0.15, -0.1) is 0 Å². The molecule has 0 unspecified atom stereocenters. The number of hydrogen-bond acceptors (Lipinski definition) is 3. The zero-order valence-electron chi connectivity index (χ0n) is 14.4. The quantitative estimate of drug-likeness (QED) is 0.352. The van der Waals surface area contributed by atoms with Crippen LogP contribution in [0.15, 0.2) is 18.2 Å². The number of unbranched alkanes of at least 4 members (excludes halogenated alkanes) is 6. The van der Waals surface area contributed by atoms with Crippen LogP contribution in [-0.4, -0.2) is 16.8 Å². The topological polar surface area (TPSA) is 66.4 Å². The van der Waals surface area contributed by atoms with E-state index in [0.29, 0.717) is 12.1 Å². The molecule has 1 aromatic carbocycles. The first kappa shape index (κ1) is 19.2. The number of rotatable bonds is 11. The lowest BCUT2D eigenvalue weighted by molar-refractivity contribution is -0.125. The average Bonchev–Trinajstić information content (AvgIpc) is 2.49. The Morgan fingerprint density at radius 2 is 1.70 bits per heavy atom. The summed E-state index contributed by atoms with van der Waals surface area (Å²) in [6, 6.07) is 4.74. The van der Waals surface area contributed by atoms with Crippen molar-refractivity contribution in [3.8, 4) is 5.75 Å². The van der Waals surface area contributed by atoms with Crippen LogP contribution >= 0.6 is 0 Å². The average molecular weight is 319 g/mol. The molecule has 2 N–H and O–H groups in total. The zero-order chi connectivity index (χ0) is 17.1. The molecule has 4 heteroatoms. The molecule has 0 bridgehead atoms. The van der Waals surface area contributed by atoms with Gasteiger partial charge in [-0.05, 0) is 37.1 Å². The number of nitrogens with one attached hydrogen (secondary N) is 1. The van der Waals surface area contributed by atoms with Crippen LogP contribution in [0.5, 0.6) is 5.75 Å². The largest absolute Gasteiger partial charge is 0.508 e. The summed E-state index contributed by atoms with van der Waals surface area (Å²) in [7, 11) is 0. The number of aromatic hydroxyl groups is 1. The Morgan fingerprint density at radius 3 is 2.35 bits per heavy atom. The van der Waals surface area contributed by atoms with E-state index in [1.807, 2.05) is 0 Å². The van der Waals surface area contributed by atoms with Gasteiger partial charge in [-0.2, -0.15) is 0 Å². The lowest BCUT2D eigenvalue weighted by atomic mass is 10.1. The van der Waals surface area contributed by atoms with Gasteiger partial charge in [-0.3, -0.25) is 9.59 Å². The van der Waals surface area contributed by atoms with Crippen molar-refractivity contribution in [2.75, 3.05) is 5.32 Å². The lowest BCUT2D eigenvalue weighted by Gasteiger charge is -2.08. The Hall–Kier alpha value is -1.84. The molecule has 1 rings (SSSR count). The number of phenols is 1. The summed E-state index contributed by atoms with van der Waals surface area (Å²) in [6.07, 6.45) is 8.56. The Balaban J connectivity index is 2.19. The van der Waals surface area contributed by atoms with Gasteiger partial charge < -0.3 is 10.4 Å². The van der Waals surface area contributed by atoms with E-state index in [2.05, 4.69) is 12.2 Å². The van der Waals surface area contributed by atoms with E-state index in [1.165, 1.54) is 38.2 Å². The van der Waals surface area contributed by atoms with Gasteiger partial charge in [0.25, 0.3) is 0 Å². The number of hydrogen-bond donors (Lipinski definition) is 2. The van der Waals surface area contributed by atoms with E-state index >= 15 is 0 Å². The summed E-state index contributed by atoms with van der Waals surface area (Å²) in [5.41, 5.74) is 1.41. The summed E-state index contributed by atoms with van der Waals surface area (Å²) in [5, 5.41) is 12.1. The van der Waals surface area contributed by atoms with Crippen molar-refractivity contribution >= 4 is 17.4 Å². The highest BCUT2D eigenvalue weighted by Crippen LogP contribution is 2.20. The molecule has 0 fully saturated rings. The maximum atomic E-state index is 11.9. The van der Waals surface area contributed by atoms with Crippen LogP contribution < -0.4 is 5.32 Å². The van der Waals surface area contributed by atoms with Gasteiger partial charge in [0, 0.05) is 12.1 Å². The number of benzene rings is 1. The van der Waals surface area contributed by atoms with Crippen molar-refractivity contribution in [3.05, 3.63) is 23.8 Å². The predicted molar refractivity (Wildman–Crippen MR) is 93.7 cm³/mol. The highest BCUT2D eigenvalue weighted by atomic mass is 16.3. The van der Waals surface area contributed by atoms with Crippen LogP contribution in [0.4, 0.5) is 5.69 Å². The highest BCUT2D eigenvalue weighted by Gasteiger charge is 2.10. The molecule has 4 nitrogen and oxygen atoms in total. The second-order valence-corrected chi connectivity index (χ2v) is 6.13. The summed E-state index contributed by atoms with van der Waals surface area (Å²) in [5.74, 6) is -0.130. The fourth-order valence-electron chi connectivity index (χ4n) is 2.53. The molecule has 0 spiro atoms. The molecule has 0 saturated heterocycles. The molecule has 128 valence electrons. The Morgan fingerprint density at radius 1 is 1.04 bits per heavy atom. The Kier molecular flexibility index (Phi) is 9.03. The summed E-state index contributed by atoms with van der Waals surface area (Å²) in [6.45, 7) is 4.00. The lowest BCUT2D eigenvalue weighted by Crippen LogP contribution is -2.16. The predicted octanol–water partition coefficient (Wildman–Crippen LogP) is 4.74. The molecular weight excluding hydrogens is 290 g/mol. The summed E-state index contributed by atoms with van der Waals surface area (Å²) >= 11 is 0. The van der Waals surface area contributed by atoms with E-state index in [1.54, 1.807) is 19.1 Å². The second-order valence-electron chi connectivity index (χ2n) is 6.13. The zero-order valence-corrected chi connectivity index (χ0v) is 14.4. The Labute approximate surface area is 139 Å². The number of aryl methyl sites for hydroxylation is 1. The van der Waals surface area contributed by atoms with E-state index in [4.69, 9.17) is 0 Å². The van der Waals surface area contributed by atoms with Gasteiger partial charge in [-0.25, -0.2) is 0 Å². The molecule has 0 aromatic heterocycles. The van der Waals surface area contributed by atoms with Gasteiger partial charge in [0.2, 0.25) is 5.91 Å². The molecule has 0 radical (unpaired) electrons. The number of carbonyl (C=O) groups is 2. The summed E-state index contributed by atoms with van der Waals surface area (Å²) in [4.78, 5) is 23.7. The Bertz CT molecular complexity index is 511. The van der Waals surface area contributed by atoms with Crippen LogP contribution in [0.2, 0.25) is 0 Å². The van der Waals surface area contributed by atoms with Crippen molar-refractivity contribution < 1.29 is 14.7 Å². The minimum atomic E-state index is -0.285. The van der Waals surface area contributed by atoms with Crippen molar-refractivity contribution in [2.24, 2.45) is 0 Å². The van der Waals surface area contributed by atoms with Crippen LogP contribution in [0.25, 0.3) is 0 Å². The van der Waals surface area contributed by atoms with Gasteiger partial charge in [0.1, 0.15) is 11.5 Å². The monoisotopic (exact) mass is 319 g/mol. The molecule has 0 saturated carbocycles. The van der Waals surface area contributed by atoms with E-state index < -0.39 is 0 Å². The molecule has 23 heavy (non-hydrogen) atoms. The minimum Gasteiger partial charge on any atom is -0.508 e. The van der Waals surface area contributed by atoms with Crippen LogP contribution in [0, 0.1) is 6.92 Å². The van der Waals surface area contributed by atoms with Crippen molar-refractivity contribution in [2.45, 2.75) is 71.6 Å². The molecular formula is C19H29NO3. The minimum absolute atomic E-state index is 0.00695. The van der Waals surface area contributed by atoms with E-state index in [-0.39, 0.29) is 23.9 Å². The molecule has 0 atom stereocenters. The first-order chi connectivity index (χ1) is 11.0. The molecule has 0 aliphatic heterocycles. The second kappa shape index (κ2) is 10.8. The maximum absolute atomic E-state index is 11.9. The SMILES string of the molecule is CCCCCCCCCC(=O)CC(=O)Nc1ccc(O)cc1C. The normalized spacial score (nSPS) is 10.5. The number of ketones is 1. The number of carbonyl (C=O) groups excluding carboxylic acids is 2. The van der Waals surface area contributed by atoms with Crippen LogP contribution in [0.3, 0.4) is 0 Å². The maximum Gasteiger partial charge on any atom is 0.231 e. The third-order valence-corrected chi connectivity index (χ3v) is 3.90. The first-order valence-electron chi connectivity index (χ1n) is 8.64. The third kappa shape index (κ3) is 8.38. The standard InChI is InChI=1S/C19H29NO3/c1-3-4-5-6-7-8-9-10-16(21)14-19(23)20-18-12-11-17(22)13-15(18)2/h11-13,22H,3-10,14H2,1-2H3,(H,20,23). The van der Waals surface area contributed by atoms with Gasteiger partial charge in [0.15, 0.2) is 0 Å². The van der Waals surface area contributed by atoms with Gasteiger partial charge >= 0.3 is 0 Å². The number of phenolic OH excluding ortho intramolecular Hbond substituents is 1. The first-order valence-corrected chi connectivity index (χ1v) is 8.64. The smallest absolute Gasteiger partial charge is 0.231 e. The van der Waals surface area contributed by atoms with Crippen molar-refractivity contribution in [1.29, 1.82) is 0 Å². The van der Waals surface area contributed by atoms with Crippen LogP contribution in [-0.2, 0) is 9.59 Å². The number of amides is 1. The van der Waals surface area contributed by atoms with E-state index in [0.717, 1.165) is 18.4 Å². The fraction of sp³-hybridized carbons (Fsp3) is 0.579. The molecule has 1 amide bonds. The van der Waals surface area contributed by atoms with Crippen molar-refractivity contribution in [1.82, 2.24) is 0 Å². The number of Topliss-reactive ketones (excluding diaryl/α,β-unsaturated/α-hetero) is 1. The molecule has 1 aromatic rings. The third-order valence-electron chi connectivity index (χ3n) is 3.90. The van der Waals surface area contributed by atoms with Gasteiger partial charge in [0.05, 0.1) is 6.42 Å². The van der Waals surface area contributed by atoms with Crippen LogP contribution in [0.1, 0.15) is 70.3 Å². The molecule has 0 aliphatic rings. The summed E-state index contributed by atoms with van der Waals surface area (Å²) < 4.78 is 0.